The number of carbonyl (C=O) groups is 1. The summed E-state index contributed by atoms with van der Waals surface area (Å²) in [6.07, 6.45) is 1.75. The molecule has 0 aromatic heterocycles. The number of benzene rings is 2. The van der Waals surface area contributed by atoms with E-state index < -0.39 is 0 Å². The lowest BCUT2D eigenvalue weighted by Gasteiger charge is -2.26. The fraction of sp³-hybridized carbons (Fsp3) is 0.364. The monoisotopic (exact) mass is 381 g/mol. The molecule has 0 aliphatic carbocycles. The van der Waals surface area contributed by atoms with Crippen LogP contribution in [0.2, 0.25) is 0 Å². The first-order valence-electron chi connectivity index (χ1n) is 9.59. The molecule has 1 heterocycles. The molecule has 1 amide bonds. The first-order chi connectivity index (χ1) is 13.6. The lowest BCUT2D eigenvalue weighted by molar-refractivity contribution is 0.0342. The quantitative estimate of drug-likeness (QED) is 0.591. The van der Waals surface area contributed by atoms with Crippen LogP contribution in [0.15, 0.2) is 53.6 Å². The van der Waals surface area contributed by atoms with Gasteiger partial charge in [0, 0.05) is 25.2 Å². The fourth-order valence-corrected chi connectivity index (χ4v) is 2.91. The van der Waals surface area contributed by atoms with Crippen LogP contribution >= 0.6 is 0 Å². The van der Waals surface area contributed by atoms with Crippen molar-refractivity contribution in [3.05, 3.63) is 65.2 Å². The molecule has 6 nitrogen and oxygen atoms in total. The molecule has 0 spiro atoms. The summed E-state index contributed by atoms with van der Waals surface area (Å²) in [7, 11) is 0. The molecule has 1 saturated heterocycles. The van der Waals surface area contributed by atoms with E-state index in [0.29, 0.717) is 5.56 Å². The zero-order valence-corrected chi connectivity index (χ0v) is 16.4. The van der Waals surface area contributed by atoms with Gasteiger partial charge in [-0.05, 0) is 61.4 Å². The average molecular weight is 381 g/mol. The molecule has 1 aliphatic heterocycles. The van der Waals surface area contributed by atoms with E-state index in [4.69, 9.17) is 9.47 Å². The van der Waals surface area contributed by atoms with Gasteiger partial charge in [-0.15, -0.1) is 0 Å². The minimum Gasteiger partial charge on any atom is -0.491 e. The molecular formula is C22H27N3O3. The molecule has 6 heteroatoms. The van der Waals surface area contributed by atoms with Gasteiger partial charge in [0.1, 0.15) is 5.75 Å². The number of ether oxygens (including phenoxy) is 2. The van der Waals surface area contributed by atoms with E-state index in [-0.39, 0.29) is 12.0 Å². The predicted molar refractivity (Wildman–Crippen MR) is 110 cm³/mol. The highest BCUT2D eigenvalue weighted by Gasteiger charge is 2.11. The number of carbonyl (C=O) groups excluding carboxylic acids is 1. The van der Waals surface area contributed by atoms with Gasteiger partial charge in [0.05, 0.1) is 25.5 Å². The number of hydrogen-bond donors (Lipinski definition) is 1. The maximum absolute atomic E-state index is 12.2. The van der Waals surface area contributed by atoms with Crippen molar-refractivity contribution >= 4 is 12.1 Å². The lowest BCUT2D eigenvalue weighted by Crippen LogP contribution is -2.35. The van der Waals surface area contributed by atoms with Crippen LogP contribution < -0.4 is 10.2 Å². The van der Waals surface area contributed by atoms with Crippen LogP contribution in [0.5, 0.6) is 5.75 Å². The van der Waals surface area contributed by atoms with E-state index >= 15 is 0 Å². The fourth-order valence-electron chi connectivity index (χ4n) is 2.91. The van der Waals surface area contributed by atoms with E-state index in [1.165, 1.54) is 5.56 Å². The molecule has 1 N–H and O–H groups in total. The van der Waals surface area contributed by atoms with Gasteiger partial charge in [-0.25, -0.2) is 5.43 Å². The van der Waals surface area contributed by atoms with Crippen LogP contribution in [0.3, 0.4) is 0 Å². The maximum atomic E-state index is 12.2. The molecule has 0 saturated carbocycles. The molecule has 148 valence electrons. The van der Waals surface area contributed by atoms with Crippen LogP contribution in [0.1, 0.15) is 35.3 Å². The topological polar surface area (TPSA) is 63.2 Å². The van der Waals surface area contributed by atoms with Gasteiger partial charge in [-0.2, -0.15) is 5.10 Å². The van der Waals surface area contributed by atoms with Crippen LogP contribution in [-0.2, 0) is 11.3 Å². The van der Waals surface area contributed by atoms with Crippen molar-refractivity contribution in [1.82, 2.24) is 10.3 Å². The summed E-state index contributed by atoms with van der Waals surface area (Å²) < 4.78 is 11.0. The summed E-state index contributed by atoms with van der Waals surface area (Å²) in [4.78, 5) is 14.6. The second kappa shape index (κ2) is 10.0. The molecule has 1 fully saturated rings. The van der Waals surface area contributed by atoms with Gasteiger partial charge in [-0.3, -0.25) is 9.69 Å². The van der Waals surface area contributed by atoms with Crippen LogP contribution in [-0.4, -0.2) is 49.4 Å². The number of hydrazone groups is 1. The summed E-state index contributed by atoms with van der Waals surface area (Å²) in [5.41, 5.74) is 5.23. The third-order valence-corrected chi connectivity index (χ3v) is 4.36. The number of nitrogens with zero attached hydrogens (tertiary/aromatic N) is 2. The molecule has 0 bridgehead atoms. The normalized spacial score (nSPS) is 15.1. The minimum absolute atomic E-state index is 0.138. The Morgan fingerprint density at radius 1 is 1.14 bits per heavy atom. The standard InChI is InChI=1S/C22H27N3O3/c1-17(2)28-21-9-5-18(6-10-21)15-23-24-22(26)20-7-3-19(4-8-20)16-25-11-13-27-14-12-25/h3-10,15,17H,11-14,16H2,1-2H3,(H,24,26)/b23-15-. The number of rotatable bonds is 7. The Kier molecular flexibility index (Phi) is 7.17. The third kappa shape index (κ3) is 6.18. The number of amides is 1. The van der Waals surface area contributed by atoms with Crippen LogP contribution in [0.25, 0.3) is 0 Å². The van der Waals surface area contributed by atoms with E-state index in [9.17, 15) is 4.79 Å². The van der Waals surface area contributed by atoms with Gasteiger partial charge in [0.15, 0.2) is 0 Å². The number of nitrogens with one attached hydrogen (secondary N) is 1. The highest BCUT2D eigenvalue weighted by Crippen LogP contribution is 2.13. The molecule has 3 rings (SSSR count). The first-order valence-corrected chi connectivity index (χ1v) is 9.59. The van der Waals surface area contributed by atoms with Gasteiger partial charge >= 0.3 is 0 Å². The van der Waals surface area contributed by atoms with Gasteiger partial charge in [-0.1, -0.05) is 12.1 Å². The van der Waals surface area contributed by atoms with E-state index in [1.807, 2.05) is 62.4 Å². The Hall–Kier alpha value is -2.70. The Balaban J connectivity index is 1.49. The number of hydrogen-bond acceptors (Lipinski definition) is 5. The lowest BCUT2D eigenvalue weighted by atomic mass is 10.1. The van der Waals surface area contributed by atoms with Crippen molar-refractivity contribution in [2.24, 2.45) is 5.10 Å². The van der Waals surface area contributed by atoms with E-state index in [2.05, 4.69) is 15.4 Å². The van der Waals surface area contributed by atoms with Crippen molar-refractivity contribution in [2.45, 2.75) is 26.5 Å². The summed E-state index contributed by atoms with van der Waals surface area (Å²) in [5, 5.41) is 4.04. The Morgan fingerprint density at radius 2 is 1.82 bits per heavy atom. The van der Waals surface area contributed by atoms with E-state index in [1.54, 1.807) is 6.21 Å². The first kappa shape index (κ1) is 20.0. The Bertz CT molecular complexity index is 780. The smallest absolute Gasteiger partial charge is 0.271 e. The summed E-state index contributed by atoms with van der Waals surface area (Å²) in [6.45, 7) is 8.31. The zero-order chi connectivity index (χ0) is 19.8. The zero-order valence-electron chi connectivity index (χ0n) is 16.4. The van der Waals surface area contributed by atoms with Crippen molar-refractivity contribution < 1.29 is 14.3 Å². The highest BCUT2D eigenvalue weighted by atomic mass is 16.5. The van der Waals surface area contributed by atoms with E-state index in [0.717, 1.165) is 44.2 Å². The second-order valence-corrected chi connectivity index (χ2v) is 7.02. The summed E-state index contributed by atoms with van der Waals surface area (Å²) >= 11 is 0. The van der Waals surface area contributed by atoms with Crippen molar-refractivity contribution in [3.8, 4) is 5.75 Å². The van der Waals surface area contributed by atoms with Gasteiger partial charge < -0.3 is 9.47 Å². The third-order valence-electron chi connectivity index (χ3n) is 4.36. The molecule has 2 aromatic carbocycles. The molecule has 28 heavy (non-hydrogen) atoms. The molecule has 0 atom stereocenters. The molecule has 0 unspecified atom stereocenters. The minimum atomic E-state index is -0.228. The molecule has 2 aromatic rings. The summed E-state index contributed by atoms with van der Waals surface area (Å²) in [6, 6.07) is 15.2. The second-order valence-electron chi connectivity index (χ2n) is 7.02. The predicted octanol–water partition coefficient (Wildman–Crippen LogP) is 3.07. The van der Waals surface area contributed by atoms with Gasteiger partial charge in [0.25, 0.3) is 5.91 Å². The SMILES string of the molecule is CC(C)Oc1ccc(/C=N\NC(=O)c2ccc(CN3CCOCC3)cc2)cc1. The van der Waals surface area contributed by atoms with Crippen molar-refractivity contribution in [1.29, 1.82) is 0 Å². The summed E-state index contributed by atoms with van der Waals surface area (Å²) in [5.74, 6) is 0.585. The largest absolute Gasteiger partial charge is 0.491 e. The van der Waals surface area contributed by atoms with Gasteiger partial charge in [0.2, 0.25) is 0 Å². The van der Waals surface area contributed by atoms with Crippen molar-refractivity contribution in [2.75, 3.05) is 26.3 Å². The molecule has 0 radical (unpaired) electrons. The Morgan fingerprint density at radius 3 is 2.46 bits per heavy atom. The molecule has 1 aliphatic rings. The number of morpholine rings is 1. The highest BCUT2D eigenvalue weighted by molar-refractivity contribution is 5.94. The van der Waals surface area contributed by atoms with Crippen molar-refractivity contribution in [3.63, 3.8) is 0 Å². The maximum Gasteiger partial charge on any atom is 0.271 e. The van der Waals surface area contributed by atoms with Crippen LogP contribution in [0, 0.1) is 0 Å². The van der Waals surface area contributed by atoms with Crippen LogP contribution in [0.4, 0.5) is 0 Å². The Labute approximate surface area is 166 Å². The average Bonchev–Trinajstić information content (AvgIpc) is 2.70. The molecular weight excluding hydrogens is 354 g/mol.